The Balaban J connectivity index is 0.000000171. The zero-order chi connectivity index (χ0) is 12.3. The molecule has 0 saturated heterocycles. The van der Waals surface area contributed by atoms with Gasteiger partial charge < -0.3 is 10.5 Å². The van der Waals surface area contributed by atoms with E-state index in [0.29, 0.717) is 13.2 Å². The molecule has 2 aromatic rings. The van der Waals surface area contributed by atoms with Crippen LogP contribution in [-0.2, 0) is 17.9 Å². The summed E-state index contributed by atoms with van der Waals surface area (Å²) in [5.74, 6) is 0. The van der Waals surface area contributed by atoms with E-state index >= 15 is 0 Å². The van der Waals surface area contributed by atoms with E-state index in [2.05, 4.69) is 0 Å². The Morgan fingerprint density at radius 3 is 1.65 bits per heavy atom. The molecule has 0 amide bonds. The minimum Gasteiger partial charge on any atom is -0.380 e. The number of rotatable bonds is 3. The molecule has 0 fully saturated rings. The molecular weight excluding hydrogens is 210 g/mol. The highest BCUT2D eigenvalue weighted by molar-refractivity contribution is 5.14. The summed E-state index contributed by atoms with van der Waals surface area (Å²) in [6.45, 7) is 1.35. The summed E-state index contributed by atoms with van der Waals surface area (Å²) in [6.07, 6.45) is 0. The fraction of sp³-hybridized carbons (Fsp3) is 0.200. The van der Waals surface area contributed by atoms with Crippen LogP contribution >= 0.6 is 0 Å². The van der Waals surface area contributed by atoms with Crippen LogP contribution in [-0.4, -0.2) is 7.11 Å². The number of nitrogens with two attached hydrogens (primary N) is 1. The molecule has 0 heterocycles. The molecule has 0 saturated carbocycles. The van der Waals surface area contributed by atoms with Gasteiger partial charge in [0.25, 0.3) is 0 Å². The van der Waals surface area contributed by atoms with E-state index in [0.717, 1.165) is 0 Å². The van der Waals surface area contributed by atoms with E-state index in [1.54, 1.807) is 7.11 Å². The monoisotopic (exact) mass is 229 g/mol. The van der Waals surface area contributed by atoms with Crippen molar-refractivity contribution >= 4 is 0 Å². The maximum atomic E-state index is 5.35. The van der Waals surface area contributed by atoms with Gasteiger partial charge in [-0.15, -0.1) is 0 Å². The van der Waals surface area contributed by atoms with Crippen molar-refractivity contribution in [3.8, 4) is 0 Å². The maximum absolute atomic E-state index is 5.35. The van der Waals surface area contributed by atoms with Crippen molar-refractivity contribution < 1.29 is 4.74 Å². The molecule has 0 unspecified atom stereocenters. The van der Waals surface area contributed by atoms with Crippen LogP contribution in [0.15, 0.2) is 60.7 Å². The molecule has 2 nitrogen and oxygen atoms in total. The smallest absolute Gasteiger partial charge is 0.0713 e. The number of hydrogen-bond donors (Lipinski definition) is 1. The molecule has 0 atom stereocenters. The quantitative estimate of drug-likeness (QED) is 0.878. The Hall–Kier alpha value is -1.64. The summed E-state index contributed by atoms with van der Waals surface area (Å²) in [5.41, 5.74) is 7.76. The first-order valence-electron chi connectivity index (χ1n) is 5.63. The van der Waals surface area contributed by atoms with E-state index in [-0.39, 0.29) is 0 Å². The normalized spacial score (nSPS) is 9.29. The Bertz CT molecular complexity index is 386. The lowest BCUT2D eigenvalue weighted by atomic mass is 10.2. The number of methoxy groups -OCH3 is 1. The molecule has 0 aliphatic heterocycles. The van der Waals surface area contributed by atoms with Crippen LogP contribution in [0.25, 0.3) is 0 Å². The van der Waals surface area contributed by atoms with E-state index in [4.69, 9.17) is 10.5 Å². The maximum Gasteiger partial charge on any atom is 0.0713 e. The molecule has 0 aromatic heterocycles. The lowest BCUT2D eigenvalue weighted by Crippen LogP contribution is -1.94. The van der Waals surface area contributed by atoms with Crippen molar-refractivity contribution in [2.75, 3.05) is 7.11 Å². The van der Waals surface area contributed by atoms with Crippen molar-refractivity contribution in [3.63, 3.8) is 0 Å². The van der Waals surface area contributed by atoms with Crippen molar-refractivity contribution in [3.05, 3.63) is 71.8 Å². The van der Waals surface area contributed by atoms with Crippen LogP contribution in [0, 0.1) is 0 Å². The van der Waals surface area contributed by atoms with Gasteiger partial charge in [-0.1, -0.05) is 60.7 Å². The average molecular weight is 229 g/mol. The molecule has 0 aliphatic rings. The van der Waals surface area contributed by atoms with Gasteiger partial charge in [-0.25, -0.2) is 0 Å². The lowest BCUT2D eigenvalue weighted by Gasteiger charge is -1.95. The molecule has 2 N–H and O–H groups in total. The minimum atomic E-state index is 0.640. The standard InChI is InChI=1S/C8H10O.C7H9N/c1-9-7-8-5-3-2-4-6-8;8-6-7-4-2-1-3-5-7/h2-6H,7H2,1H3;1-5H,6,8H2. The molecular formula is C15H19NO. The second-order valence-electron chi connectivity index (χ2n) is 3.61. The highest BCUT2D eigenvalue weighted by atomic mass is 16.5. The largest absolute Gasteiger partial charge is 0.380 e. The van der Waals surface area contributed by atoms with E-state index < -0.39 is 0 Å². The van der Waals surface area contributed by atoms with E-state index in [1.165, 1.54) is 11.1 Å². The third kappa shape index (κ3) is 5.85. The van der Waals surface area contributed by atoms with Crippen LogP contribution < -0.4 is 5.73 Å². The lowest BCUT2D eigenvalue weighted by molar-refractivity contribution is 0.185. The first-order chi connectivity index (χ1) is 8.36. The van der Waals surface area contributed by atoms with Crippen molar-refractivity contribution in [1.82, 2.24) is 0 Å². The highest BCUT2D eigenvalue weighted by Gasteiger charge is 1.84. The first-order valence-corrected chi connectivity index (χ1v) is 5.63. The summed E-state index contributed by atoms with van der Waals surface area (Å²) >= 11 is 0. The summed E-state index contributed by atoms with van der Waals surface area (Å²) in [6, 6.07) is 20.1. The van der Waals surface area contributed by atoms with E-state index in [1.807, 2.05) is 60.7 Å². The van der Waals surface area contributed by atoms with E-state index in [9.17, 15) is 0 Å². The summed E-state index contributed by atoms with van der Waals surface area (Å²) in [4.78, 5) is 0. The average Bonchev–Trinajstić information content (AvgIpc) is 2.42. The Kier molecular flexibility index (Phi) is 6.72. The van der Waals surface area contributed by atoms with Gasteiger partial charge in [-0.05, 0) is 11.1 Å². The van der Waals surface area contributed by atoms with Gasteiger partial charge >= 0.3 is 0 Å². The molecule has 2 rings (SSSR count). The van der Waals surface area contributed by atoms with Gasteiger partial charge in [0.05, 0.1) is 6.61 Å². The summed E-state index contributed by atoms with van der Waals surface area (Å²) < 4.78 is 4.93. The number of ether oxygens (including phenoxy) is 1. The topological polar surface area (TPSA) is 35.2 Å². The zero-order valence-corrected chi connectivity index (χ0v) is 10.2. The third-order valence-corrected chi connectivity index (χ3v) is 2.23. The molecule has 0 aliphatic carbocycles. The van der Waals surface area contributed by atoms with Crippen molar-refractivity contribution in [1.29, 1.82) is 0 Å². The highest BCUT2D eigenvalue weighted by Crippen LogP contribution is 1.98. The Morgan fingerprint density at radius 2 is 1.29 bits per heavy atom. The summed E-state index contributed by atoms with van der Waals surface area (Å²) in [5, 5.41) is 0. The van der Waals surface area contributed by atoms with Gasteiger partial charge in [0.15, 0.2) is 0 Å². The molecule has 2 aromatic carbocycles. The fourth-order valence-corrected chi connectivity index (χ4v) is 1.35. The molecule has 0 bridgehead atoms. The SMILES string of the molecule is COCc1ccccc1.NCc1ccccc1. The number of hydrogen-bond acceptors (Lipinski definition) is 2. The van der Waals surface area contributed by atoms with Gasteiger partial charge in [-0.2, -0.15) is 0 Å². The van der Waals surface area contributed by atoms with Gasteiger partial charge in [-0.3, -0.25) is 0 Å². The Labute approximate surface area is 103 Å². The summed E-state index contributed by atoms with van der Waals surface area (Å²) in [7, 11) is 1.70. The molecule has 90 valence electrons. The van der Waals surface area contributed by atoms with Gasteiger partial charge in [0.2, 0.25) is 0 Å². The van der Waals surface area contributed by atoms with Crippen LogP contribution in [0.3, 0.4) is 0 Å². The van der Waals surface area contributed by atoms with Crippen LogP contribution in [0.2, 0.25) is 0 Å². The van der Waals surface area contributed by atoms with Gasteiger partial charge in [0, 0.05) is 13.7 Å². The second kappa shape index (κ2) is 8.50. The van der Waals surface area contributed by atoms with Crippen molar-refractivity contribution in [2.45, 2.75) is 13.2 Å². The predicted molar refractivity (Wildman–Crippen MR) is 71.5 cm³/mol. The first kappa shape index (κ1) is 13.4. The molecule has 2 heteroatoms. The Morgan fingerprint density at radius 1 is 0.824 bits per heavy atom. The van der Waals surface area contributed by atoms with Crippen LogP contribution in [0.1, 0.15) is 11.1 Å². The molecule has 0 spiro atoms. The van der Waals surface area contributed by atoms with Gasteiger partial charge in [0.1, 0.15) is 0 Å². The number of benzene rings is 2. The third-order valence-electron chi connectivity index (χ3n) is 2.23. The fourth-order valence-electron chi connectivity index (χ4n) is 1.35. The second-order valence-corrected chi connectivity index (χ2v) is 3.61. The molecule has 0 radical (unpaired) electrons. The van der Waals surface area contributed by atoms with Crippen LogP contribution in [0.4, 0.5) is 0 Å². The van der Waals surface area contributed by atoms with Crippen molar-refractivity contribution in [2.24, 2.45) is 5.73 Å². The van der Waals surface area contributed by atoms with Crippen LogP contribution in [0.5, 0.6) is 0 Å². The minimum absolute atomic E-state index is 0.640. The molecule has 17 heavy (non-hydrogen) atoms. The zero-order valence-electron chi connectivity index (χ0n) is 10.2. The predicted octanol–water partition coefficient (Wildman–Crippen LogP) is 2.98.